The van der Waals surface area contributed by atoms with Gasteiger partial charge in [-0.3, -0.25) is 0 Å². The van der Waals surface area contributed by atoms with Crippen LogP contribution in [0.4, 0.5) is 5.69 Å². The summed E-state index contributed by atoms with van der Waals surface area (Å²) in [6.45, 7) is 1.85. The molecule has 0 saturated carbocycles. The van der Waals surface area contributed by atoms with E-state index in [-0.39, 0.29) is 0 Å². The molecule has 0 radical (unpaired) electrons. The molecule has 1 heterocycles. The fourth-order valence-electron chi connectivity index (χ4n) is 1.37. The molecule has 15 heavy (non-hydrogen) atoms. The highest BCUT2D eigenvalue weighted by Crippen LogP contribution is 2.28. The molecule has 0 aliphatic rings. The Labute approximate surface area is 87.6 Å². The second-order valence-electron chi connectivity index (χ2n) is 3.28. The molecule has 0 unspecified atom stereocenters. The predicted molar refractivity (Wildman–Crippen MR) is 57.6 cm³/mol. The van der Waals surface area contributed by atoms with Crippen molar-refractivity contribution < 1.29 is 9.26 Å². The second-order valence-corrected chi connectivity index (χ2v) is 3.28. The van der Waals surface area contributed by atoms with Crippen LogP contribution in [0.25, 0.3) is 11.3 Å². The van der Waals surface area contributed by atoms with Gasteiger partial charge in [-0.05, 0) is 19.1 Å². The van der Waals surface area contributed by atoms with E-state index < -0.39 is 0 Å². The van der Waals surface area contributed by atoms with E-state index in [4.69, 9.17) is 15.0 Å². The number of nitrogens with zero attached hydrogens (tertiary/aromatic N) is 1. The molecule has 1 aromatic carbocycles. The third-order valence-electron chi connectivity index (χ3n) is 2.16. The maximum absolute atomic E-state index is 5.71. The molecule has 1 aromatic heterocycles. The van der Waals surface area contributed by atoms with E-state index >= 15 is 0 Å². The van der Waals surface area contributed by atoms with Gasteiger partial charge in [0.15, 0.2) is 0 Å². The van der Waals surface area contributed by atoms with Crippen molar-refractivity contribution in [3.05, 3.63) is 30.0 Å². The lowest BCUT2D eigenvalue weighted by molar-refractivity contribution is 0.399. The molecule has 2 aromatic rings. The van der Waals surface area contributed by atoms with Crippen LogP contribution < -0.4 is 10.5 Å². The molecule has 0 aliphatic carbocycles. The van der Waals surface area contributed by atoms with Crippen LogP contribution in [0.2, 0.25) is 0 Å². The third-order valence-corrected chi connectivity index (χ3v) is 2.16. The fourth-order valence-corrected chi connectivity index (χ4v) is 1.37. The first-order valence-corrected chi connectivity index (χ1v) is 4.58. The van der Waals surface area contributed by atoms with Gasteiger partial charge in [-0.2, -0.15) is 0 Å². The normalized spacial score (nSPS) is 10.3. The summed E-state index contributed by atoms with van der Waals surface area (Å²) in [6, 6.07) is 7.38. The molecule has 4 nitrogen and oxygen atoms in total. The summed E-state index contributed by atoms with van der Waals surface area (Å²) >= 11 is 0. The number of nitrogen functional groups attached to an aromatic ring is 1. The van der Waals surface area contributed by atoms with Gasteiger partial charge in [0.1, 0.15) is 17.2 Å². The number of methoxy groups -OCH3 is 1. The van der Waals surface area contributed by atoms with Crippen molar-refractivity contribution in [3.8, 4) is 17.0 Å². The highest BCUT2D eigenvalue weighted by molar-refractivity contribution is 5.67. The Morgan fingerprint density at radius 3 is 2.73 bits per heavy atom. The van der Waals surface area contributed by atoms with Crippen LogP contribution in [0.15, 0.2) is 28.8 Å². The van der Waals surface area contributed by atoms with Gasteiger partial charge >= 0.3 is 0 Å². The number of aryl methyl sites for hydroxylation is 1. The lowest BCUT2D eigenvalue weighted by atomic mass is 10.1. The quantitative estimate of drug-likeness (QED) is 0.762. The first-order chi connectivity index (χ1) is 7.20. The maximum Gasteiger partial charge on any atom is 0.142 e. The Hall–Kier alpha value is -1.97. The summed E-state index contributed by atoms with van der Waals surface area (Å²) in [7, 11) is 1.59. The molecule has 0 amide bonds. The first-order valence-electron chi connectivity index (χ1n) is 4.58. The summed E-state index contributed by atoms with van der Waals surface area (Å²) in [5, 5.41) is 3.92. The predicted octanol–water partition coefficient (Wildman–Crippen LogP) is 2.24. The number of hydrogen-bond acceptors (Lipinski definition) is 4. The zero-order valence-corrected chi connectivity index (χ0v) is 8.65. The summed E-state index contributed by atoms with van der Waals surface area (Å²) < 4.78 is 10.1. The number of ether oxygens (including phenoxy) is 1. The Morgan fingerprint density at radius 2 is 2.13 bits per heavy atom. The number of rotatable bonds is 2. The first kappa shape index (κ1) is 9.58. The van der Waals surface area contributed by atoms with Crippen molar-refractivity contribution in [2.45, 2.75) is 6.92 Å². The average molecular weight is 204 g/mol. The van der Waals surface area contributed by atoms with Crippen LogP contribution in [-0.2, 0) is 0 Å². The van der Waals surface area contributed by atoms with Gasteiger partial charge in [-0.15, -0.1) is 0 Å². The lowest BCUT2D eigenvalue weighted by Gasteiger charge is -2.05. The third kappa shape index (κ3) is 1.79. The Balaban J connectivity index is 2.45. The van der Waals surface area contributed by atoms with Crippen LogP contribution in [-0.4, -0.2) is 12.3 Å². The molecule has 0 atom stereocenters. The Kier molecular flexibility index (Phi) is 2.33. The zero-order chi connectivity index (χ0) is 10.8. The lowest BCUT2D eigenvalue weighted by Crippen LogP contribution is -1.92. The van der Waals surface area contributed by atoms with Crippen LogP contribution in [0.3, 0.4) is 0 Å². The maximum atomic E-state index is 5.71. The van der Waals surface area contributed by atoms with Crippen molar-refractivity contribution in [2.24, 2.45) is 0 Å². The molecule has 4 heteroatoms. The van der Waals surface area contributed by atoms with Gasteiger partial charge in [-0.25, -0.2) is 0 Å². The van der Waals surface area contributed by atoms with Crippen LogP contribution in [0.5, 0.6) is 5.75 Å². The van der Waals surface area contributed by atoms with Crippen molar-refractivity contribution in [1.82, 2.24) is 5.16 Å². The van der Waals surface area contributed by atoms with Gasteiger partial charge in [0.2, 0.25) is 0 Å². The standard InChI is InChI=1S/C11H12N2O2/c1-7-5-10(13-15-7)8-3-4-9(12)11(6-8)14-2/h3-6H,12H2,1-2H3. The van der Waals surface area contributed by atoms with E-state index in [1.807, 2.05) is 25.1 Å². The molecule has 0 spiro atoms. The zero-order valence-electron chi connectivity index (χ0n) is 8.65. The highest BCUT2D eigenvalue weighted by Gasteiger charge is 2.06. The molecular weight excluding hydrogens is 192 g/mol. The smallest absolute Gasteiger partial charge is 0.142 e. The fraction of sp³-hybridized carbons (Fsp3) is 0.182. The monoisotopic (exact) mass is 204 g/mol. The van der Waals surface area contributed by atoms with Crippen molar-refractivity contribution in [3.63, 3.8) is 0 Å². The molecule has 0 fully saturated rings. The number of hydrogen-bond donors (Lipinski definition) is 1. The molecular formula is C11H12N2O2. The Morgan fingerprint density at radius 1 is 1.33 bits per heavy atom. The number of nitrogens with two attached hydrogens (primary N) is 1. The number of anilines is 1. The molecule has 0 saturated heterocycles. The second kappa shape index (κ2) is 3.65. The van der Waals surface area contributed by atoms with Gasteiger partial charge < -0.3 is 15.0 Å². The van der Waals surface area contributed by atoms with Crippen molar-refractivity contribution >= 4 is 5.69 Å². The van der Waals surface area contributed by atoms with Gasteiger partial charge in [0.25, 0.3) is 0 Å². The highest BCUT2D eigenvalue weighted by atomic mass is 16.5. The van der Waals surface area contributed by atoms with Gasteiger partial charge in [0.05, 0.1) is 12.8 Å². The molecule has 2 rings (SSSR count). The minimum atomic E-state index is 0.612. The van der Waals surface area contributed by atoms with E-state index in [1.165, 1.54) is 0 Å². The summed E-state index contributed by atoms with van der Waals surface area (Å²) in [6.07, 6.45) is 0. The van der Waals surface area contributed by atoms with E-state index in [0.717, 1.165) is 17.0 Å². The summed E-state index contributed by atoms with van der Waals surface area (Å²) in [4.78, 5) is 0. The molecule has 0 bridgehead atoms. The van der Waals surface area contributed by atoms with Gasteiger partial charge in [-0.1, -0.05) is 11.2 Å². The van der Waals surface area contributed by atoms with Crippen LogP contribution in [0.1, 0.15) is 5.76 Å². The van der Waals surface area contributed by atoms with Crippen LogP contribution >= 0.6 is 0 Å². The van der Waals surface area contributed by atoms with E-state index in [1.54, 1.807) is 13.2 Å². The molecule has 78 valence electrons. The van der Waals surface area contributed by atoms with Crippen molar-refractivity contribution in [2.75, 3.05) is 12.8 Å². The van der Waals surface area contributed by atoms with E-state index in [9.17, 15) is 0 Å². The van der Waals surface area contributed by atoms with Crippen LogP contribution in [0, 0.1) is 6.92 Å². The van der Waals surface area contributed by atoms with Crippen molar-refractivity contribution in [1.29, 1.82) is 0 Å². The summed E-state index contributed by atoms with van der Waals surface area (Å²) in [5.41, 5.74) is 8.04. The average Bonchev–Trinajstić information content (AvgIpc) is 2.66. The minimum absolute atomic E-state index is 0.612. The van der Waals surface area contributed by atoms with E-state index in [0.29, 0.717) is 11.4 Å². The SMILES string of the molecule is COc1cc(-c2cc(C)on2)ccc1N. The van der Waals surface area contributed by atoms with E-state index in [2.05, 4.69) is 5.16 Å². The number of aromatic nitrogens is 1. The number of benzene rings is 1. The Bertz CT molecular complexity index is 477. The topological polar surface area (TPSA) is 61.3 Å². The molecule has 0 aliphatic heterocycles. The minimum Gasteiger partial charge on any atom is -0.495 e. The van der Waals surface area contributed by atoms with Gasteiger partial charge in [0, 0.05) is 11.6 Å². The summed E-state index contributed by atoms with van der Waals surface area (Å²) in [5.74, 6) is 1.42. The molecule has 2 N–H and O–H groups in total. The largest absolute Gasteiger partial charge is 0.495 e.